The number of thioether (sulfide) groups is 1. The highest BCUT2D eigenvalue weighted by atomic mass is 32.2. The summed E-state index contributed by atoms with van der Waals surface area (Å²) < 4.78 is 0.486. The van der Waals surface area contributed by atoms with Gasteiger partial charge in [-0.1, -0.05) is 42.2 Å². The number of nitrogens with two attached hydrogens (primary N) is 1. The van der Waals surface area contributed by atoms with Crippen molar-refractivity contribution in [3.63, 3.8) is 0 Å². The zero-order chi connectivity index (χ0) is 11.7. The lowest BCUT2D eigenvalue weighted by Gasteiger charge is -2.17. The molecule has 1 atom stereocenters. The van der Waals surface area contributed by atoms with E-state index >= 15 is 0 Å². The third kappa shape index (κ3) is 1.81. The van der Waals surface area contributed by atoms with Crippen LogP contribution < -0.4 is 10.6 Å². The second kappa shape index (κ2) is 4.23. The number of benzene rings is 1. The number of anilines is 1. The van der Waals surface area contributed by atoms with E-state index in [-0.39, 0.29) is 5.84 Å². The minimum absolute atomic E-state index is 0.133. The number of para-hydroxylation sites is 1. The van der Waals surface area contributed by atoms with Gasteiger partial charge in [0.15, 0.2) is 0 Å². The third-order valence-electron chi connectivity index (χ3n) is 2.16. The summed E-state index contributed by atoms with van der Waals surface area (Å²) in [6.45, 7) is 0. The molecule has 0 aliphatic carbocycles. The van der Waals surface area contributed by atoms with Gasteiger partial charge < -0.3 is 5.73 Å². The minimum atomic E-state index is -0.673. The van der Waals surface area contributed by atoms with Gasteiger partial charge >= 0.3 is 0 Å². The SMILES string of the molecule is N=C1C(C(N)=O)SC(=S)N1c1ccccc1. The molecule has 4 nitrogen and oxygen atoms in total. The Hall–Kier alpha value is -1.40. The average molecular weight is 251 g/mol. The van der Waals surface area contributed by atoms with Crippen molar-refractivity contribution in [1.82, 2.24) is 0 Å². The quantitative estimate of drug-likeness (QED) is 0.779. The summed E-state index contributed by atoms with van der Waals surface area (Å²) in [6.07, 6.45) is 0. The molecule has 1 amide bonds. The standard InChI is InChI=1S/C10H9N3OS2/c11-8-7(9(12)14)16-10(15)13(8)6-4-2-1-3-5-6/h1-5,7,11H,(H2,12,14). The highest BCUT2D eigenvalue weighted by Crippen LogP contribution is 2.31. The van der Waals surface area contributed by atoms with E-state index in [1.54, 1.807) is 4.90 Å². The molecule has 1 aromatic rings. The van der Waals surface area contributed by atoms with E-state index in [1.165, 1.54) is 0 Å². The van der Waals surface area contributed by atoms with Crippen LogP contribution in [0.3, 0.4) is 0 Å². The number of nitrogens with one attached hydrogen (secondary N) is 1. The fraction of sp³-hybridized carbons (Fsp3) is 0.100. The van der Waals surface area contributed by atoms with Gasteiger partial charge in [-0.3, -0.25) is 15.1 Å². The summed E-state index contributed by atoms with van der Waals surface area (Å²) in [5, 5.41) is 7.20. The molecule has 16 heavy (non-hydrogen) atoms. The maximum absolute atomic E-state index is 11.1. The normalized spacial score (nSPS) is 20.2. The molecule has 3 N–H and O–H groups in total. The predicted molar refractivity (Wildman–Crippen MR) is 69.8 cm³/mol. The summed E-state index contributed by atoms with van der Waals surface area (Å²) in [4.78, 5) is 12.7. The first-order valence-corrected chi connectivity index (χ1v) is 5.83. The van der Waals surface area contributed by atoms with Gasteiger partial charge in [0.2, 0.25) is 5.91 Å². The second-order valence-electron chi connectivity index (χ2n) is 3.22. The molecule has 0 spiro atoms. The lowest BCUT2D eigenvalue weighted by atomic mass is 10.2. The average Bonchev–Trinajstić information content (AvgIpc) is 2.56. The van der Waals surface area contributed by atoms with Crippen molar-refractivity contribution in [3.8, 4) is 0 Å². The molecule has 6 heteroatoms. The van der Waals surface area contributed by atoms with Crippen LogP contribution in [-0.2, 0) is 4.79 Å². The summed E-state index contributed by atoms with van der Waals surface area (Å²) >= 11 is 6.28. The van der Waals surface area contributed by atoms with Gasteiger partial charge in [0, 0.05) is 5.69 Å². The number of amidine groups is 1. The van der Waals surface area contributed by atoms with E-state index < -0.39 is 11.2 Å². The largest absolute Gasteiger partial charge is 0.368 e. The highest BCUT2D eigenvalue weighted by Gasteiger charge is 2.38. The Morgan fingerprint density at radius 3 is 2.56 bits per heavy atom. The Labute approximate surface area is 102 Å². The van der Waals surface area contributed by atoms with Crippen LogP contribution in [0.1, 0.15) is 0 Å². The third-order valence-corrected chi connectivity index (χ3v) is 3.71. The number of hydrogen-bond acceptors (Lipinski definition) is 4. The van der Waals surface area contributed by atoms with Crippen LogP contribution in [0.25, 0.3) is 0 Å². The molecular formula is C10H9N3OS2. The van der Waals surface area contributed by atoms with Gasteiger partial charge in [0.05, 0.1) is 0 Å². The fourth-order valence-corrected chi connectivity index (χ4v) is 2.78. The van der Waals surface area contributed by atoms with Crippen molar-refractivity contribution in [2.75, 3.05) is 4.90 Å². The molecule has 2 rings (SSSR count). The number of primary amides is 1. The lowest BCUT2D eigenvalue weighted by molar-refractivity contribution is -0.116. The number of rotatable bonds is 2. The molecule has 1 aromatic carbocycles. The molecule has 1 saturated heterocycles. The van der Waals surface area contributed by atoms with Gasteiger partial charge in [-0.2, -0.15) is 0 Å². The van der Waals surface area contributed by atoms with Crippen LogP contribution in [0.5, 0.6) is 0 Å². The van der Waals surface area contributed by atoms with Crippen molar-refractivity contribution in [3.05, 3.63) is 30.3 Å². The summed E-state index contributed by atoms with van der Waals surface area (Å²) in [6, 6.07) is 9.27. The van der Waals surface area contributed by atoms with Crippen LogP contribution >= 0.6 is 24.0 Å². The molecule has 0 saturated carbocycles. The van der Waals surface area contributed by atoms with E-state index in [4.69, 9.17) is 23.4 Å². The topological polar surface area (TPSA) is 70.2 Å². The first-order chi connectivity index (χ1) is 7.61. The second-order valence-corrected chi connectivity index (χ2v) is 4.96. The number of thiocarbonyl (C=S) groups is 1. The lowest BCUT2D eigenvalue weighted by Crippen LogP contribution is -2.36. The summed E-state index contributed by atoms with van der Waals surface area (Å²) in [5.41, 5.74) is 5.99. The van der Waals surface area contributed by atoms with E-state index in [9.17, 15) is 4.79 Å². The monoisotopic (exact) mass is 251 g/mol. The summed E-state index contributed by atoms with van der Waals surface area (Å²) in [7, 11) is 0. The Bertz CT molecular complexity index is 460. The molecule has 0 radical (unpaired) electrons. The first-order valence-electron chi connectivity index (χ1n) is 4.55. The Kier molecular flexibility index (Phi) is 2.93. The minimum Gasteiger partial charge on any atom is -0.368 e. The van der Waals surface area contributed by atoms with Gasteiger partial charge in [-0.25, -0.2) is 0 Å². The zero-order valence-corrected chi connectivity index (χ0v) is 9.85. The van der Waals surface area contributed by atoms with Gasteiger partial charge in [-0.05, 0) is 12.1 Å². The molecule has 1 unspecified atom stereocenters. The van der Waals surface area contributed by atoms with Crippen molar-refractivity contribution in [2.24, 2.45) is 5.73 Å². The maximum Gasteiger partial charge on any atom is 0.238 e. The number of amides is 1. The molecule has 82 valence electrons. The Balaban J connectivity index is 2.34. The predicted octanol–water partition coefficient (Wildman–Crippen LogP) is 1.36. The molecule has 1 aliphatic heterocycles. The molecule has 1 aliphatic rings. The fourth-order valence-electron chi connectivity index (χ4n) is 1.44. The number of carbonyl (C=O) groups excluding carboxylic acids is 1. The molecule has 0 aromatic heterocycles. The number of hydrogen-bond donors (Lipinski definition) is 2. The molecular weight excluding hydrogens is 242 g/mol. The summed E-state index contributed by atoms with van der Waals surface area (Å²) in [5.74, 6) is -0.399. The van der Waals surface area contributed by atoms with E-state index in [2.05, 4.69) is 0 Å². The van der Waals surface area contributed by atoms with E-state index in [1.807, 2.05) is 30.3 Å². The number of nitrogens with zero attached hydrogens (tertiary/aromatic N) is 1. The van der Waals surface area contributed by atoms with Crippen LogP contribution in [0.4, 0.5) is 5.69 Å². The van der Waals surface area contributed by atoms with Crippen LogP contribution in [0.2, 0.25) is 0 Å². The van der Waals surface area contributed by atoms with Crippen molar-refractivity contribution >= 4 is 45.7 Å². The Morgan fingerprint density at radius 1 is 1.44 bits per heavy atom. The van der Waals surface area contributed by atoms with Crippen molar-refractivity contribution in [2.45, 2.75) is 5.25 Å². The van der Waals surface area contributed by atoms with Crippen molar-refractivity contribution in [1.29, 1.82) is 5.41 Å². The van der Waals surface area contributed by atoms with E-state index in [0.29, 0.717) is 4.32 Å². The highest BCUT2D eigenvalue weighted by molar-refractivity contribution is 8.25. The van der Waals surface area contributed by atoms with Crippen LogP contribution in [-0.4, -0.2) is 21.3 Å². The smallest absolute Gasteiger partial charge is 0.238 e. The van der Waals surface area contributed by atoms with Gasteiger partial charge in [0.1, 0.15) is 15.4 Å². The molecule has 1 fully saturated rings. The van der Waals surface area contributed by atoms with Crippen molar-refractivity contribution < 1.29 is 4.79 Å². The number of carbonyl (C=O) groups is 1. The van der Waals surface area contributed by atoms with Crippen LogP contribution in [0.15, 0.2) is 30.3 Å². The van der Waals surface area contributed by atoms with Gasteiger partial charge in [-0.15, -0.1) is 0 Å². The van der Waals surface area contributed by atoms with Crippen LogP contribution in [0, 0.1) is 5.41 Å². The Morgan fingerprint density at radius 2 is 2.06 bits per heavy atom. The van der Waals surface area contributed by atoms with E-state index in [0.717, 1.165) is 17.4 Å². The first kappa shape index (κ1) is 11.1. The molecule has 1 heterocycles. The molecule has 0 bridgehead atoms. The van der Waals surface area contributed by atoms with Gasteiger partial charge in [0.25, 0.3) is 0 Å². The zero-order valence-electron chi connectivity index (χ0n) is 8.21. The maximum atomic E-state index is 11.1.